The van der Waals surface area contributed by atoms with Crippen molar-refractivity contribution in [3.8, 4) is 0 Å². The molecule has 0 aromatic carbocycles. The van der Waals surface area contributed by atoms with Crippen LogP contribution in [0.3, 0.4) is 0 Å². The molecule has 62 valence electrons. The summed E-state index contributed by atoms with van der Waals surface area (Å²) in [6, 6.07) is 1.62. The van der Waals surface area contributed by atoms with Gasteiger partial charge in [-0.2, -0.15) is 0 Å². The highest BCUT2D eigenvalue weighted by atomic mass is 16.4. The van der Waals surface area contributed by atoms with Gasteiger partial charge in [-0.3, -0.25) is 4.98 Å². The molecular formula is C7H6N2O3. The highest BCUT2D eigenvalue weighted by Gasteiger charge is 2.01. The fourth-order valence-corrected chi connectivity index (χ4v) is 0.976. The number of pyridine rings is 1. The summed E-state index contributed by atoms with van der Waals surface area (Å²) in [5, 5.41) is 8.74. The summed E-state index contributed by atoms with van der Waals surface area (Å²) >= 11 is 0. The molecule has 0 amide bonds. The van der Waals surface area contributed by atoms with E-state index in [2.05, 4.69) is 14.4 Å². The number of nitrogens with one attached hydrogen (secondary N) is 1. The Kier molecular flexibility index (Phi) is 1.44. The molecule has 5 heteroatoms. The molecule has 0 unspecified atom stereocenters. The first-order chi connectivity index (χ1) is 5.79. The molecule has 2 aromatic rings. The number of oxazole rings is 1. The van der Waals surface area contributed by atoms with E-state index in [1.807, 2.05) is 0 Å². The highest BCUT2D eigenvalue weighted by molar-refractivity contribution is 5.67. The summed E-state index contributed by atoms with van der Waals surface area (Å²) in [5.74, 6) is -0.535. The number of hydrogen-bond acceptors (Lipinski definition) is 4. The fraction of sp³-hybridized carbons (Fsp3) is 0.143. The minimum absolute atomic E-state index is 0.101. The van der Waals surface area contributed by atoms with Crippen molar-refractivity contribution in [2.45, 2.75) is 6.61 Å². The molecule has 0 bridgehead atoms. The van der Waals surface area contributed by atoms with Crippen molar-refractivity contribution in [2.75, 3.05) is 0 Å². The van der Waals surface area contributed by atoms with Crippen LogP contribution in [-0.2, 0) is 6.61 Å². The SMILES string of the molecule is O=c1[nH]c2cc(CO)cnc2o1. The molecule has 0 aliphatic rings. The molecule has 0 aliphatic carbocycles. The Labute approximate surface area is 66.7 Å². The van der Waals surface area contributed by atoms with E-state index in [0.717, 1.165) is 0 Å². The monoisotopic (exact) mass is 166 g/mol. The van der Waals surface area contributed by atoms with Crippen molar-refractivity contribution < 1.29 is 9.52 Å². The Morgan fingerprint density at radius 3 is 3.25 bits per heavy atom. The molecule has 2 rings (SSSR count). The van der Waals surface area contributed by atoms with Crippen LogP contribution < -0.4 is 5.76 Å². The average molecular weight is 166 g/mol. The average Bonchev–Trinajstić information content (AvgIpc) is 2.43. The first kappa shape index (κ1) is 7.05. The standard InChI is InChI=1S/C7H6N2O3/c10-3-4-1-5-6(8-2-4)12-7(11)9-5/h1-2,10H,3H2,(H,9,11). The zero-order chi connectivity index (χ0) is 8.55. The lowest BCUT2D eigenvalue weighted by molar-refractivity contribution is 0.281. The smallest absolute Gasteiger partial charge is 0.392 e. The van der Waals surface area contributed by atoms with Crippen LogP contribution in [0.2, 0.25) is 0 Å². The van der Waals surface area contributed by atoms with Crippen molar-refractivity contribution in [1.29, 1.82) is 0 Å². The Balaban J connectivity index is 2.74. The molecule has 0 fully saturated rings. The van der Waals surface area contributed by atoms with Gasteiger partial charge in [0.15, 0.2) is 0 Å². The molecule has 12 heavy (non-hydrogen) atoms. The second-order valence-corrected chi connectivity index (χ2v) is 2.37. The quantitative estimate of drug-likeness (QED) is 0.625. The molecule has 0 saturated carbocycles. The van der Waals surface area contributed by atoms with Crippen LogP contribution in [0.1, 0.15) is 5.56 Å². The van der Waals surface area contributed by atoms with Gasteiger partial charge in [-0.1, -0.05) is 0 Å². The number of aliphatic hydroxyl groups is 1. The van der Waals surface area contributed by atoms with Crippen LogP contribution in [0.5, 0.6) is 0 Å². The lowest BCUT2D eigenvalue weighted by atomic mass is 10.3. The summed E-state index contributed by atoms with van der Waals surface area (Å²) in [6.07, 6.45) is 1.46. The maximum atomic E-state index is 10.7. The van der Waals surface area contributed by atoms with E-state index in [1.54, 1.807) is 6.07 Å². The molecule has 2 heterocycles. The number of nitrogens with zero attached hydrogens (tertiary/aromatic N) is 1. The van der Waals surface area contributed by atoms with E-state index in [0.29, 0.717) is 11.1 Å². The number of aromatic amines is 1. The van der Waals surface area contributed by atoms with Gasteiger partial charge in [0.25, 0.3) is 0 Å². The van der Waals surface area contributed by atoms with Crippen molar-refractivity contribution in [2.24, 2.45) is 0 Å². The summed E-state index contributed by atoms with van der Waals surface area (Å²) in [4.78, 5) is 16.9. The number of fused-ring (bicyclic) bond motifs is 1. The largest absolute Gasteiger partial charge is 0.418 e. The van der Waals surface area contributed by atoms with Gasteiger partial charge in [-0.25, -0.2) is 9.78 Å². The van der Waals surface area contributed by atoms with E-state index in [-0.39, 0.29) is 12.3 Å². The van der Waals surface area contributed by atoms with Crippen LogP contribution in [0.25, 0.3) is 11.2 Å². The van der Waals surface area contributed by atoms with Gasteiger partial charge in [-0.15, -0.1) is 0 Å². The molecule has 0 aliphatic heterocycles. The molecule has 2 N–H and O–H groups in total. The third kappa shape index (κ3) is 0.998. The minimum atomic E-state index is -0.535. The van der Waals surface area contributed by atoms with Gasteiger partial charge in [0.1, 0.15) is 5.52 Å². The Hall–Kier alpha value is -1.62. The molecule has 2 aromatic heterocycles. The van der Waals surface area contributed by atoms with E-state index in [4.69, 9.17) is 5.11 Å². The number of H-pyrrole nitrogens is 1. The van der Waals surface area contributed by atoms with Crippen molar-refractivity contribution >= 4 is 11.2 Å². The third-order valence-corrected chi connectivity index (χ3v) is 1.52. The fourth-order valence-electron chi connectivity index (χ4n) is 0.976. The van der Waals surface area contributed by atoms with Crippen molar-refractivity contribution in [3.05, 3.63) is 28.4 Å². The number of hydrogen-bond donors (Lipinski definition) is 2. The number of aliphatic hydroxyl groups excluding tert-OH is 1. The van der Waals surface area contributed by atoms with Crippen LogP contribution in [-0.4, -0.2) is 15.1 Å². The van der Waals surface area contributed by atoms with Gasteiger partial charge in [0.2, 0.25) is 5.71 Å². The topological polar surface area (TPSA) is 79.1 Å². The molecule has 5 nitrogen and oxygen atoms in total. The Morgan fingerprint density at radius 1 is 1.67 bits per heavy atom. The van der Waals surface area contributed by atoms with Gasteiger partial charge in [-0.05, 0) is 11.6 Å². The predicted molar refractivity (Wildman–Crippen MR) is 40.6 cm³/mol. The Bertz CT molecular complexity index is 457. The second-order valence-electron chi connectivity index (χ2n) is 2.37. The van der Waals surface area contributed by atoms with Crippen LogP contribution in [0, 0.1) is 0 Å². The van der Waals surface area contributed by atoms with Crippen LogP contribution in [0.4, 0.5) is 0 Å². The van der Waals surface area contributed by atoms with Gasteiger partial charge in [0.05, 0.1) is 6.61 Å². The minimum Gasteiger partial charge on any atom is -0.392 e. The number of aromatic nitrogens is 2. The van der Waals surface area contributed by atoms with Gasteiger partial charge < -0.3 is 9.52 Å². The third-order valence-electron chi connectivity index (χ3n) is 1.52. The second kappa shape index (κ2) is 2.46. The van der Waals surface area contributed by atoms with E-state index >= 15 is 0 Å². The number of rotatable bonds is 1. The predicted octanol–water partition coefficient (Wildman–Crippen LogP) is 0.00840. The summed E-state index contributed by atoms with van der Waals surface area (Å²) in [6.45, 7) is -0.101. The van der Waals surface area contributed by atoms with Crippen LogP contribution >= 0.6 is 0 Å². The first-order valence-electron chi connectivity index (χ1n) is 3.38. The summed E-state index contributed by atoms with van der Waals surface area (Å²) in [7, 11) is 0. The van der Waals surface area contributed by atoms with E-state index in [9.17, 15) is 4.79 Å². The maximum absolute atomic E-state index is 10.7. The summed E-state index contributed by atoms with van der Waals surface area (Å²) < 4.78 is 4.66. The van der Waals surface area contributed by atoms with E-state index < -0.39 is 5.76 Å². The van der Waals surface area contributed by atoms with Crippen molar-refractivity contribution in [1.82, 2.24) is 9.97 Å². The molecular weight excluding hydrogens is 160 g/mol. The zero-order valence-electron chi connectivity index (χ0n) is 6.07. The van der Waals surface area contributed by atoms with E-state index in [1.165, 1.54) is 6.20 Å². The normalized spacial score (nSPS) is 10.8. The molecule has 0 radical (unpaired) electrons. The molecule has 0 spiro atoms. The van der Waals surface area contributed by atoms with Crippen molar-refractivity contribution in [3.63, 3.8) is 0 Å². The highest BCUT2D eigenvalue weighted by Crippen LogP contribution is 2.07. The first-order valence-corrected chi connectivity index (χ1v) is 3.38. The maximum Gasteiger partial charge on any atom is 0.418 e. The molecule has 0 atom stereocenters. The van der Waals surface area contributed by atoms with Gasteiger partial charge in [0, 0.05) is 6.20 Å². The Morgan fingerprint density at radius 2 is 2.50 bits per heavy atom. The molecule has 0 saturated heterocycles. The van der Waals surface area contributed by atoms with Gasteiger partial charge >= 0.3 is 5.76 Å². The lowest BCUT2D eigenvalue weighted by Gasteiger charge is -1.91. The lowest BCUT2D eigenvalue weighted by Crippen LogP contribution is -1.93. The zero-order valence-corrected chi connectivity index (χ0v) is 6.07. The summed E-state index contributed by atoms with van der Waals surface area (Å²) in [5.41, 5.74) is 1.41. The van der Waals surface area contributed by atoms with Crippen LogP contribution in [0.15, 0.2) is 21.5 Å².